The van der Waals surface area contributed by atoms with Gasteiger partial charge in [0.2, 0.25) is 17.0 Å². The molecule has 0 unspecified atom stereocenters. The number of amides is 1. The molecule has 0 fully saturated rings. The topological polar surface area (TPSA) is 112 Å². The number of aromatic nitrogens is 3. The third kappa shape index (κ3) is 5.78. The van der Waals surface area contributed by atoms with E-state index < -0.39 is 0 Å². The second-order valence-electron chi connectivity index (χ2n) is 5.72. The summed E-state index contributed by atoms with van der Waals surface area (Å²) in [7, 11) is 0. The largest absolute Gasteiger partial charge is 0.325 e. The number of carbonyl (C=O) groups excluding carboxylic acids is 2. The van der Waals surface area contributed by atoms with Gasteiger partial charge in [-0.1, -0.05) is 42.1 Å². The molecule has 1 heterocycles. The summed E-state index contributed by atoms with van der Waals surface area (Å²) in [6, 6.07) is 16.4. The van der Waals surface area contributed by atoms with Gasteiger partial charge in [-0.25, -0.2) is 10.5 Å². The highest BCUT2D eigenvalue weighted by molar-refractivity contribution is 7.99. The van der Waals surface area contributed by atoms with Crippen LogP contribution in [0.2, 0.25) is 0 Å². The molecule has 0 spiro atoms. The zero-order valence-corrected chi connectivity index (χ0v) is 15.9. The molecule has 3 aromatic rings. The zero-order chi connectivity index (χ0) is 19.8. The molecule has 0 saturated carbocycles. The van der Waals surface area contributed by atoms with Crippen LogP contribution in [0.25, 0.3) is 0 Å². The van der Waals surface area contributed by atoms with Crippen LogP contribution in [0.1, 0.15) is 22.8 Å². The normalized spacial score (nSPS) is 10.8. The number of nitrogens with zero attached hydrogens (tertiary/aromatic N) is 3. The predicted octanol–water partition coefficient (Wildman–Crippen LogP) is 3.18. The maximum absolute atomic E-state index is 12.0. The van der Waals surface area contributed by atoms with E-state index >= 15 is 0 Å². The summed E-state index contributed by atoms with van der Waals surface area (Å²) >= 11 is 1.19. The van der Waals surface area contributed by atoms with Crippen LogP contribution in [0.4, 0.5) is 11.6 Å². The van der Waals surface area contributed by atoms with Gasteiger partial charge in [-0.15, -0.1) is 5.10 Å². The minimum atomic E-state index is -0.193. The number of H-pyrrole nitrogens is 1. The fraction of sp³-hybridized carbons (Fsp3) is 0.105. The molecule has 0 saturated heterocycles. The summed E-state index contributed by atoms with van der Waals surface area (Å²) in [4.78, 5) is 27.5. The molecule has 1 aromatic heterocycles. The molecule has 3 N–H and O–H groups in total. The number of Topliss-reactive ketones (excluding diaryl/α,β-unsaturated/α-hetero) is 1. The van der Waals surface area contributed by atoms with Gasteiger partial charge in [0.1, 0.15) is 0 Å². The second kappa shape index (κ2) is 9.47. The van der Waals surface area contributed by atoms with E-state index in [0.29, 0.717) is 22.4 Å². The number of carbonyl (C=O) groups is 2. The molecule has 0 atom stereocenters. The Bertz CT molecular complexity index is 970. The Balaban J connectivity index is 1.45. The van der Waals surface area contributed by atoms with Crippen molar-refractivity contribution in [3.63, 3.8) is 0 Å². The second-order valence-corrected chi connectivity index (χ2v) is 6.66. The highest BCUT2D eigenvalue weighted by atomic mass is 32.2. The van der Waals surface area contributed by atoms with E-state index in [9.17, 15) is 9.59 Å². The Labute approximate surface area is 165 Å². The molecule has 0 radical (unpaired) electrons. The molecule has 0 aliphatic rings. The van der Waals surface area contributed by atoms with Crippen molar-refractivity contribution in [1.29, 1.82) is 0 Å². The number of thioether (sulfide) groups is 1. The number of aromatic amines is 1. The fourth-order valence-corrected chi connectivity index (χ4v) is 2.78. The highest BCUT2D eigenvalue weighted by Gasteiger charge is 2.08. The van der Waals surface area contributed by atoms with Crippen molar-refractivity contribution in [2.75, 3.05) is 16.5 Å². The van der Waals surface area contributed by atoms with Gasteiger partial charge in [0, 0.05) is 11.3 Å². The van der Waals surface area contributed by atoms with Crippen molar-refractivity contribution < 1.29 is 9.59 Å². The lowest BCUT2D eigenvalue weighted by Crippen LogP contribution is -2.14. The molecular formula is C19H18N6O2S. The van der Waals surface area contributed by atoms with E-state index in [1.54, 1.807) is 30.5 Å². The molecule has 0 bridgehead atoms. The Kier molecular flexibility index (Phi) is 6.53. The predicted molar refractivity (Wildman–Crippen MR) is 110 cm³/mol. The van der Waals surface area contributed by atoms with Gasteiger partial charge >= 0.3 is 0 Å². The fourth-order valence-electron chi connectivity index (χ4n) is 2.18. The summed E-state index contributed by atoms with van der Waals surface area (Å²) in [5.74, 6) is 0.325. The summed E-state index contributed by atoms with van der Waals surface area (Å²) in [6.07, 6.45) is 1.67. The van der Waals surface area contributed by atoms with Crippen molar-refractivity contribution in [2.45, 2.75) is 12.1 Å². The first-order valence-corrected chi connectivity index (χ1v) is 9.39. The molecular weight excluding hydrogens is 376 g/mol. The van der Waals surface area contributed by atoms with Gasteiger partial charge in [0.05, 0.1) is 12.0 Å². The molecule has 0 aliphatic heterocycles. The van der Waals surface area contributed by atoms with Gasteiger partial charge in [-0.3, -0.25) is 9.59 Å². The summed E-state index contributed by atoms with van der Waals surface area (Å²) < 4.78 is 0. The third-order valence-corrected chi connectivity index (χ3v) is 4.40. The molecule has 3 rings (SSSR count). The van der Waals surface area contributed by atoms with E-state index in [-0.39, 0.29) is 17.4 Å². The number of hydrogen-bond donors (Lipinski definition) is 3. The van der Waals surface area contributed by atoms with Crippen LogP contribution in [-0.4, -0.2) is 38.8 Å². The van der Waals surface area contributed by atoms with E-state index in [1.807, 2.05) is 30.3 Å². The number of rotatable bonds is 8. The van der Waals surface area contributed by atoms with Crippen molar-refractivity contribution in [3.8, 4) is 0 Å². The van der Waals surface area contributed by atoms with Gasteiger partial charge in [-0.05, 0) is 36.8 Å². The van der Waals surface area contributed by atoms with E-state index in [4.69, 9.17) is 0 Å². The van der Waals surface area contributed by atoms with Crippen LogP contribution in [0.5, 0.6) is 0 Å². The Morgan fingerprint density at radius 2 is 1.89 bits per heavy atom. The van der Waals surface area contributed by atoms with Crippen LogP contribution in [0.3, 0.4) is 0 Å². The van der Waals surface area contributed by atoms with Gasteiger partial charge in [-0.2, -0.15) is 10.1 Å². The number of anilines is 2. The van der Waals surface area contributed by atoms with E-state index in [1.165, 1.54) is 18.7 Å². The van der Waals surface area contributed by atoms with Crippen molar-refractivity contribution in [2.24, 2.45) is 5.10 Å². The van der Waals surface area contributed by atoms with Crippen molar-refractivity contribution in [1.82, 2.24) is 15.2 Å². The number of ketones is 1. The third-order valence-electron chi connectivity index (χ3n) is 3.56. The number of nitrogens with one attached hydrogen (secondary N) is 3. The molecule has 142 valence electrons. The number of hydrogen-bond acceptors (Lipinski definition) is 7. The molecule has 9 heteroatoms. The monoisotopic (exact) mass is 394 g/mol. The van der Waals surface area contributed by atoms with E-state index in [2.05, 4.69) is 31.0 Å². The maximum atomic E-state index is 12.0. The minimum absolute atomic E-state index is 0.0180. The van der Waals surface area contributed by atoms with E-state index in [0.717, 1.165) is 5.56 Å². The zero-order valence-electron chi connectivity index (χ0n) is 15.0. The van der Waals surface area contributed by atoms with Gasteiger partial charge < -0.3 is 5.32 Å². The first-order valence-electron chi connectivity index (χ1n) is 8.40. The van der Waals surface area contributed by atoms with Crippen LogP contribution in [0, 0.1) is 0 Å². The average molecular weight is 394 g/mol. The standard InChI is InChI=1S/C19H18N6O2S/c1-13(26)15-7-9-16(10-8-15)21-17(27)12-28-19-22-18(24-25-19)23-20-11-14-5-3-2-4-6-14/h2-11H,12H2,1H3,(H,21,27)(H2,22,23,24,25)/b20-11-. The minimum Gasteiger partial charge on any atom is -0.325 e. The Morgan fingerprint density at radius 3 is 2.61 bits per heavy atom. The van der Waals surface area contributed by atoms with Crippen LogP contribution < -0.4 is 10.7 Å². The van der Waals surface area contributed by atoms with Gasteiger partial charge in [0.15, 0.2) is 5.78 Å². The number of benzene rings is 2. The summed E-state index contributed by atoms with van der Waals surface area (Å²) in [5.41, 5.74) is 4.94. The first-order chi connectivity index (χ1) is 13.6. The average Bonchev–Trinajstić information content (AvgIpc) is 3.15. The molecule has 1 amide bonds. The highest BCUT2D eigenvalue weighted by Crippen LogP contribution is 2.15. The molecule has 8 nitrogen and oxygen atoms in total. The lowest BCUT2D eigenvalue weighted by molar-refractivity contribution is -0.113. The van der Waals surface area contributed by atoms with Crippen molar-refractivity contribution >= 4 is 41.3 Å². The smallest absolute Gasteiger partial charge is 0.240 e. The Morgan fingerprint density at radius 1 is 1.14 bits per heavy atom. The van der Waals surface area contributed by atoms with Crippen LogP contribution >= 0.6 is 11.8 Å². The molecule has 28 heavy (non-hydrogen) atoms. The number of hydrazone groups is 1. The first kappa shape index (κ1) is 19.3. The van der Waals surface area contributed by atoms with Crippen LogP contribution in [0.15, 0.2) is 64.9 Å². The van der Waals surface area contributed by atoms with Crippen molar-refractivity contribution in [3.05, 3.63) is 65.7 Å². The van der Waals surface area contributed by atoms with Crippen LogP contribution in [-0.2, 0) is 4.79 Å². The lowest BCUT2D eigenvalue weighted by Gasteiger charge is -2.04. The molecule has 2 aromatic carbocycles. The molecule has 0 aliphatic carbocycles. The van der Waals surface area contributed by atoms with Gasteiger partial charge in [0.25, 0.3) is 0 Å². The SMILES string of the molecule is CC(=O)c1ccc(NC(=O)CSc2n[nH]c(N/N=C\c3ccccc3)n2)cc1. The maximum Gasteiger partial charge on any atom is 0.240 e. The summed E-state index contributed by atoms with van der Waals surface area (Å²) in [5, 5.41) is 14.0. The quantitative estimate of drug-likeness (QED) is 0.234. The lowest BCUT2D eigenvalue weighted by atomic mass is 10.1. The Hall–Kier alpha value is -3.46. The summed E-state index contributed by atoms with van der Waals surface area (Å²) in [6.45, 7) is 1.50.